The zero-order valence-corrected chi connectivity index (χ0v) is 12.5. The van der Waals surface area contributed by atoms with Gasteiger partial charge in [0, 0.05) is 12.4 Å². The second-order valence-corrected chi connectivity index (χ2v) is 7.44. The van der Waals surface area contributed by atoms with Crippen LogP contribution in [0.15, 0.2) is 30.6 Å². The molecule has 4 heteroatoms. The van der Waals surface area contributed by atoms with Crippen molar-refractivity contribution in [3.05, 3.63) is 36.2 Å². The van der Waals surface area contributed by atoms with Gasteiger partial charge in [0.1, 0.15) is 0 Å². The topological polar surface area (TPSA) is 56.0 Å². The molecule has 0 aromatic carbocycles. The quantitative estimate of drug-likeness (QED) is 0.869. The summed E-state index contributed by atoms with van der Waals surface area (Å²) in [4.78, 5) is 4.06. The maximum absolute atomic E-state index is 11.6. The molecule has 1 aliphatic carbocycles. The number of pyridine rings is 1. The Kier molecular flexibility index (Phi) is 4.53. The molecule has 1 saturated carbocycles. The third kappa shape index (κ3) is 4.25. The van der Waals surface area contributed by atoms with Crippen LogP contribution in [0.4, 0.5) is 0 Å². The van der Waals surface area contributed by atoms with Crippen molar-refractivity contribution in [1.82, 2.24) is 4.98 Å². The van der Waals surface area contributed by atoms with Gasteiger partial charge in [0.25, 0.3) is 0 Å². The first-order valence-corrected chi connectivity index (χ1v) is 7.99. The SMILES string of the molecule is CC(C)(C=C(CCC1CC1)c1ccncc1)S(N)=O. The lowest BCUT2D eigenvalue weighted by molar-refractivity contribution is 0.664. The molecule has 1 aliphatic rings. The lowest BCUT2D eigenvalue weighted by Gasteiger charge is -2.19. The maximum Gasteiger partial charge on any atom is 0.0984 e. The molecule has 1 unspecified atom stereocenters. The molecule has 1 aromatic heterocycles. The molecular formula is C15H22N2OS. The predicted molar refractivity (Wildman–Crippen MR) is 80.6 cm³/mol. The minimum atomic E-state index is -1.36. The number of aromatic nitrogens is 1. The first-order chi connectivity index (χ1) is 8.99. The Balaban J connectivity index is 2.22. The third-order valence-corrected chi connectivity index (χ3v) is 4.77. The van der Waals surface area contributed by atoms with Gasteiger partial charge in [-0.2, -0.15) is 0 Å². The molecule has 2 N–H and O–H groups in total. The van der Waals surface area contributed by atoms with E-state index in [0.717, 1.165) is 17.9 Å². The van der Waals surface area contributed by atoms with E-state index < -0.39 is 15.7 Å². The van der Waals surface area contributed by atoms with E-state index in [4.69, 9.17) is 5.14 Å². The molecular weight excluding hydrogens is 256 g/mol. The Morgan fingerprint density at radius 3 is 2.63 bits per heavy atom. The van der Waals surface area contributed by atoms with E-state index in [1.807, 2.05) is 26.0 Å². The van der Waals surface area contributed by atoms with Gasteiger partial charge in [0.05, 0.1) is 15.7 Å². The van der Waals surface area contributed by atoms with E-state index in [0.29, 0.717) is 0 Å². The van der Waals surface area contributed by atoms with Crippen LogP contribution < -0.4 is 5.14 Å². The van der Waals surface area contributed by atoms with Gasteiger partial charge < -0.3 is 0 Å². The molecule has 0 saturated heterocycles. The Hall–Kier alpha value is -1.00. The summed E-state index contributed by atoms with van der Waals surface area (Å²) in [5, 5.41) is 5.58. The molecule has 3 nitrogen and oxygen atoms in total. The van der Waals surface area contributed by atoms with E-state index in [1.165, 1.54) is 24.8 Å². The number of rotatable bonds is 6. The van der Waals surface area contributed by atoms with E-state index in [1.54, 1.807) is 12.4 Å². The van der Waals surface area contributed by atoms with Gasteiger partial charge in [0.2, 0.25) is 0 Å². The fourth-order valence-corrected chi connectivity index (χ4v) is 2.37. The summed E-state index contributed by atoms with van der Waals surface area (Å²) in [5.74, 6) is 0.886. The molecule has 0 aliphatic heterocycles. The third-order valence-electron chi connectivity index (χ3n) is 3.61. The lowest BCUT2D eigenvalue weighted by atomic mass is 9.97. The maximum atomic E-state index is 11.6. The van der Waals surface area contributed by atoms with E-state index in [9.17, 15) is 4.21 Å². The zero-order chi connectivity index (χ0) is 13.9. The van der Waals surface area contributed by atoms with Crippen LogP contribution >= 0.6 is 0 Å². The van der Waals surface area contributed by atoms with Crippen LogP contribution in [0.25, 0.3) is 5.57 Å². The van der Waals surface area contributed by atoms with Crippen molar-refractivity contribution >= 4 is 16.6 Å². The van der Waals surface area contributed by atoms with Crippen molar-refractivity contribution in [3.63, 3.8) is 0 Å². The van der Waals surface area contributed by atoms with Crippen LogP contribution in [0.1, 0.15) is 45.1 Å². The Morgan fingerprint density at radius 1 is 1.47 bits per heavy atom. The highest BCUT2D eigenvalue weighted by atomic mass is 32.2. The Bertz CT molecular complexity index is 478. The Labute approximate surface area is 117 Å². The average Bonchev–Trinajstić information content (AvgIpc) is 3.19. The number of nitrogens with two attached hydrogens (primary N) is 1. The van der Waals surface area contributed by atoms with Gasteiger partial charge >= 0.3 is 0 Å². The van der Waals surface area contributed by atoms with Crippen LogP contribution in [0, 0.1) is 5.92 Å². The highest BCUT2D eigenvalue weighted by Crippen LogP contribution is 2.36. The van der Waals surface area contributed by atoms with Gasteiger partial charge in [-0.05, 0) is 55.9 Å². The molecule has 0 amide bonds. The Morgan fingerprint density at radius 2 is 2.11 bits per heavy atom. The predicted octanol–water partition coefficient (Wildman–Crippen LogP) is 3.06. The van der Waals surface area contributed by atoms with Crippen LogP contribution in [-0.2, 0) is 11.0 Å². The molecule has 1 aromatic rings. The van der Waals surface area contributed by atoms with Gasteiger partial charge in [-0.3, -0.25) is 10.1 Å². The number of hydrogen-bond acceptors (Lipinski definition) is 2. The average molecular weight is 278 g/mol. The molecule has 1 heterocycles. The van der Waals surface area contributed by atoms with Crippen LogP contribution in [0.3, 0.4) is 0 Å². The van der Waals surface area contributed by atoms with Crippen LogP contribution in [0.5, 0.6) is 0 Å². The smallest absolute Gasteiger partial charge is 0.0984 e. The number of allylic oxidation sites excluding steroid dienone is 1. The van der Waals surface area contributed by atoms with E-state index in [2.05, 4.69) is 11.1 Å². The molecule has 0 spiro atoms. The molecule has 1 fully saturated rings. The standard InChI is InChI=1S/C15H22N2OS/c1-15(2,19(16)18)11-14(6-5-12-3-4-12)13-7-9-17-10-8-13/h7-12H,3-6,16H2,1-2H3. The minimum Gasteiger partial charge on any atom is -0.265 e. The highest BCUT2D eigenvalue weighted by molar-refractivity contribution is 7.84. The summed E-state index contributed by atoms with van der Waals surface area (Å²) < 4.78 is 11.1. The summed E-state index contributed by atoms with van der Waals surface area (Å²) in [6.07, 6.45) is 10.6. The van der Waals surface area contributed by atoms with Crippen molar-refractivity contribution < 1.29 is 4.21 Å². The largest absolute Gasteiger partial charge is 0.265 e. The molecule has 2 rings (SSSR count). The normalized spacial score (nSPS) is 18.4. The molecule has 1 atom stereocenters. The van der Waals surface area contributed by atoms with E-state index >= 15 is 0 Å². The summed E-state index contributed by atoms with van der Waals surface area (Å²) >= 11 is 0. The fraction of sp³-hybridized carbons (Fsp3) is 0.533. The first-order valence-electron chi connectivity index (χ1n) is 6.77. The second-order valence-electron chi connectivity index (χ2n) is 5.79. The number of hydrogen-bond donors (Lipinski definition) is 1. The van der Waals surface area contributed by atoms with Gasteiger partial charge in [-0.25, -0.2) is 4.21 Å². The van der Waals surface area contributed by atoms with Crippen LogP contribution in [-0.4, -0.2) is 13.9 Å². The summed E-state index contributed by atoms with van der Waals surface area (Å²) in [5.41, 5.74) is 2.40. The fourth-order valence-electron chi connectivity index (χ4n) is 2.11. The summed E-state index contributed by atoms with van der Waals surface area (Å²) in [7, 11) is -1.36. The minimum absolute atomic E-state index is 0.498. The van der Waals surface area contributed by atoms with Crippen molar-refractivity contribution in [2.24, 2.45) is 11.1 Å². The van der Waals surface area contributed by atoms with Crippen molar-refractivity contribution in [2.45, 2.75) is 44.3 Å². The van der Waals surface area contributed by atoms with Gasteiger partial charge in [-0.15, -0.1) is 0 Å². The van der Waals surface area contributed by atoms with Gasteiger partial charge in [0.15, 0.2) is 0 Å². The van der Waals surface area contributed by atoms with Gasteiger partial charge in [-0.1, -0.05) is 18.9 Å². The molecule has 0 radical (unpaired) electrons. The zero-order valence-electron chi connectivity index (χ0n) is 11.6. The monoisotopic (exact) mass is 278 g/mol. The lowest BCUT2D eigenvalue weighted by Crippen LogP contribution is -2.29. The van der Waals surface area contributed by atoms with Crippen LogP contribution in [0.2, 0.25) is 0 Å². The second kappa shape index (κ2) is 5.97. The van der Waals surface area contributed by atoms with Crippen molar-refractivity contribution in [1.29, 1.82) is 0 Å². The summed E-state index contributed by atoms with van der Waals surface area (Å²) in [6.45, 7) is 3.84. The molecule has 104 valence electrons. The first kappa shape index (κ1) is 14.4. The highest BCUT2D eigenvalue weighted by Gasteiger charge is 2.24. The van der Waals surface area contributed by atoms with Crippen molar-refractivity contribution in [3.8, 4) is 0 Å². The number of nitrogens with zero attached hydrogens (tertiary/aromatic N) is 1. The molecule has 0 bridgehead atoms. The van der Waals surface area contributed by atoms with Crippen molar-refractivity contribution in [2.75, 3.05) is 0 Å². The van der Waals surface area contributed by atoms with E-state index in [-0.39, 0.29) is 0 Å². The molecule has 19 heavy (non-hydrogen) atoms. The summed E-state index contributed by atoms with van der Waals surface area (Å²) in [6, 6.07) is 4.02.